The Bertz CT molecular complexity index is 434. The van der Waals surface area contributed by atoms with E-state index in [1.807, 2.05) is 0 Å². The van der Waals surface area contributed by atoms with Gasteiger partial charge in [-0.1, -0.05) is 6.07 Å². The van der Waals surface area contributed by atoms with E-state index in [-0.39, 0.29) is 23.8 Å². The predicted octanol–water partition coefficient (Wildman–Crippen LogP) is 0.694. The van der Waals surface area contributed by atoms with Crippen molar-refractivity contribution in [2.24, 2.45) is 5.73 Å². The van der Waals surface area contributed by atoms with Gasteiger partial charge >= 0.3 is 7.60 Å². The molecule has 1 heterocycles. The summed E-state index contributed by atoms with van der Waals surface area (Å²) in [5, 5.41) is -0.0321. The number of fused-ring (bicyclic) bond motifs is 1. The number of hydrogen-bond donors (Lipinski definition) is 3. The van der Waals surface area contributed by atoms with Crippen LogP contribution < -0.4 is 15.8 Å². The van der Waals surface area contributed by atoms with Crippen LogP contribution in [0.4, 0.5) is 0 Å². The highest BCUT2D eigenvalue weighted by molar-refractivity contribution is 7.60. The molecule has 0 radical (unpaired) electrons. The second-order valence-corrected chi connectivity index (χ2v) is 5.11. The first-order chi connectivity index (χ1) is 6.98. The van der Waals surface area contributed by atoms with Crippen LogP contribution >= 0.6 is 20.0 Å². The summed E-state index contributed by atoms with van der Waals surface area (Å²) < 4.78 is 16.3. The van der Waals surface area contributed by atoms with Gasteiger partial charge in [0.2, 0.25) is 0 Å². The summed E-state index contributed by atoms with van der Waals surface area (Å²) in [4.78, 5) is 18.0. The van der Waals surface area contributed by atoms with Gasteiger partial charge in [0.15, 0.2) is 0 Å². The second-order valence-electron chi connectivity index (χ2n) is 3.51. The molecule has 7 heteroatoms. The smallest absolute Gasteiger partial charge is 0.356 e. The lowest BCUT2D eigenvalue weighted by Gasteiger charge is -2.23. The van der Waals surface area contributed by atoms with Crippen LogP contribution in [0.1, 0.15) is 18.0 Å². The molecule has 1 aliphatic rings. The molecule has 2 rings (SSSR count). The van der Waals surface area contributed by atoms with Gasteiger partial charge in [-0.25, -0.2) is 0 Å². The van der Waals surface area contributed by atoms with Crippen LogP contribution in [-0.2, 0) is 4.57 Å². The summed E-state index contributed by atoms with van der Waals surface area (Å²) in [7, 11) is -4.20. The third-order valence-corrected chi connectivity index (χ3v) is 3.37. The maximum absolute atomic E-state index is 11.0. The highest BCUT2D eigenvalue weighted by atomic mass is 35.5. The quantitative estimate of drug-likeness (QED) is 0.650. The van der Waals surface area contributed by atoms with Crippen LogP contribution in [0.25, 0.3) is 0 Å². The normalized spacial score (nSPS) is 19.3. The van der Waals surface area contributed by atoms with Crippen molar-refractivity contribution in [3.63, 3.8) is 0 Å². The minimum absolute atomic E-state index is 0. The van der Waals surface area contributed by atoms with Gasteiger partial charge < -0.3 is 20.3 Å². The molecule has 16 heavy (non-hydrogen) atoms. The molecule has 0 amide bonds. The predicted molar refractivity (Wildman–Crippen MR) is 62.4 cm³/mol. The lowest BCUT2D eigenvalue weighted by Crippen LogP contribution is -2.21. The van der Waals surface area contributed by atoms with Crippen LogP contribution in [0.2, 0.25) is 0 Å². The van der Waals surface area contributed by atoms with Gasteiger partial charge in [0.05, 0.1) is 11.9 Å². The van der Waals surface area contributed by atoms with E-state index in [1.54, 1.807) is 6.07 Å². The van der Waals surface area contributed by atoms with Crippen LogP contribution in [0.5, 0.6) is 5.75 Å². The highest BCUT2D eigenvalue weighted by Gasteiger charge is 2.23. The zero-order valence-electron chi connectivity index (χ0n) is 8.37. The molecule has 1 aliphatic heterocycles. The Kier molecular flexibility index (Phi) is 3.99. The van der Waals surface area contributed by atoms with Gasteiger partial charge in [0.1, 0.15) is 5.75 Å². The summed E-state index contributed by atoms with van der Waals surface area (Å²) in [5.41, 5.74) is 6.64. The number of ether oxygens (including phenoxy) is 1. The van der Waals surface area contributed by atoms with Crippen molar-refractivity contribution < 1.29 is 19.1 Å². The molecule has 0 aliphatic carbocycles. The first-order valence-corrected chi connectivity index (χ1v) is 6.18. The standard InChI is InChI=1S/C9H12NO4P.ClH/c10-8-3-4-14-9-5-6(15(11,12)13)1-2-7(8)9;/h1-2,5,8H,3-4,10H2,(H2,11,12,13);1H. The Labute approximate surface area is 99.2 Å². The molecular formula is C9H13ClNO4P. The van der Waals surface area contributed by atoms with Gasteiger partial charge in [-0.15, -0.1) is 12.4 Å². The van der Waals surface area contributed by atoms with Crippen molar-refractivity contribution in [1.29, 1.82) is 0 Å². The van der Waals surface area contributed by atoms with Gasteiger partial charge in [0, 0.05) is 18.0 Å². The number of halogens is 1. The number of rotatable bonds is 1. The first kappa shape index (κ1) is 13.5. The van der Waals surface area contributed by atoms with E-state index in [0.29, 0.717) is 12.4 Å². The highest BCUT2D eigenvalue weighted by Crippen LogP contribution is 2.37. The monoisotopic (exact) mass is 265 g/mol. The van der Waals surface area contributed by atoms with E-state index in [4.69, 9.17) is 20.3 Å². The molecule has 1 aromatic rings. The first-order valence-electron chi connectivity index (χ1n) is 4.57. The molecule has 0 saturated heterocycles. The summed E-state index contributed by atoms with van der Waals surface area (Å²) in [5.74, 6) is 0.481. The van der Waals surface area contributed by atoms with Crippen molar-refractivity contribution in [3.8, 4) is 5.75 Å². The van der Waals surface area contributed by atoms with Crippen LogP contribution in [-0.4, -0.2) is 16.4 Å². The van der Waals surface area contributed by atoms with Gasteiger partial charge in [-0.2, -0.15) is 0 Å². The average Bonchev–Trinajstić information content (AvgIpc) is 2.16. The Morgan fingerprint density at radius 3 is 2.75 bits per heavy atom. The maximum atomic E-state index is 11.0. The van der Waals surface area contributed by atoms with E-state index in [1.165, 1.54) is 12.1 Å². The van der Waals surface area contributed by atoms with Crippen molar-refractivity contribution in [3.05, 3.63) is 23.8 Å². The Morgan fingerprint density at radius 1 is 1.44 bits per heavy atom. The third kappa shape index (κ3) is 2.56. The lowest BCUT2D eigenvalue weighted by atomic mass is 10.0. The fraction of sp³-hybridized carbons (Fsp3) is 0.333. The van der Waals surface area contributed by atoms with Crippen molar-refractivity contribution >= 4 is 25.3 Å². The molecule has 1 atom stereocenters. The maximum Gasteiger partial charge on any atom is 0.356 e. The van der Waals surface area contributed by atoms with E-state index >= 15 is 0 Å². The molecular weight excluding hydrogens is 253 g/mol. The summed E-state index contributed by atoms with van der Waals surface area (Å²) >= 11 is 0. The van der Waals surface area contributed by atoms with Gasteiger partial charge in [-0.05, 0) is 12.1 Å². The molecule has 5 nitrogen and oxygen atoms in total. The van der Waals surface area contributed by atoms with Crippen molar-refractivity contribution in [2.75, 3.05) is 6.61 Å². The summed E-state index contributed by atoms with van der Waals surface area (Å²) in [6.07, 6.45) is 0.724. The van der Waals surface area contributed by atoms with E-state index < -0.39 is 7.60 Å². The number of nitrogens with two attached hydrogens (primary N) is 1. The average molecular weight is 266 g/mol. The zero-order chi connectivity index (χ0) is 11.1. The molecule has 0 saturated carbocycles. The van der Waals surface area contributed by atoms with Crippen LogP contribution in [0, 0.1) is 0 Å². The topological polar surface area (TPSA) is 92.8 Å². The zero-order valence-corrected chi connectivity index (χ0v) is 10.1. The van der Waals surface area contributed by atoms with Gasteiger partial charge in [-0.3, -0.25) is 4.57 Å². The number of hydrogen-bond acceptors (Lipinski definition) is 3. The SMILES string of the molecule is Cl.NC1CCOc2cc(P(=O)(O)O)ccc21. The molecule has 4 N–H and O–H groups in total. The second kappa shape index (κ2) is 4.73. The Balaban J connectivity index is 0.00000128. The molecule has 1 aromatic carbocycles. The molecule has 0 spiro atoms. The molecule has 0 aromatic heterocycles. The van der Waals surface area contributed by atoms with Crippen molar-refractivity contribution in [1.82, 2.24) is 0 Å². The minimum atomic E-state index is -4.20. The van der Waals surface area contributed by atoms with Gasteiger partial charge in [0.25, 0.3) is 0 Å². The largest absolute Gasteiger partial charge is 0.493 e. The fourth-order valence-electron chi connectivity index (χ4n) is 1.59. The third-order valence-electron chi connectivity index (χ3n) is 2.42. The molecule has 0 fully saturated rings. The Morgan fingerprint density at radius 2 is 2.12 bits per heavy atom. The van der Waals surface area contributed by atoms with E-state index in [9.17, 15) is 4.57 Å². The summed E-state index contributed by atoms with van der Waals surface area (Å²) in [6.45, 7) is 0.485. The van der Waals surface area contributed by atoms with Crippen molar-refractivity contribution in [2.45, 2.75) is 12.5 Å². The van der Waals surface area contributed by atoms with E-state index in [0.717, 1.165) is 12.0 Å². The molecule has 1 unspecified atom stereocenters. The fourth-order valence-corrected chi connectivity index (χ4v) is 2.14. The molecule has 0 bridgehead atoms. The van der Waals surface area contributed by atoms with E-state index in [2.05, 4.69) is 0 Å². The Hall–Kier alpha value is -0.580. The number of benzene rings is 1. The summed E-state index contributed by atoms with van der Waals surface area (Å²) in [6, 6.07) is 4.27. The minimum Gasteiger partial charge on any atom is -0.493 e. The van der Waals surface area contributed by atoms with Crippen LogP contribution in [0.3, 0.4) is 0 Å². The van der Waals surface area contributed by atoms with Crippen LogP contribution in [0.15, 0.2) is 18.2 Å². The lowest BCUT2D eigenvalue weighted by molar-refractivity contribution is 0.269. The molecule has 90 valence electrons.